The van der Waals surface area contributed by atoms with Crippen molar-refractivity contribution < 1.29 is 10.2 Å². The van der Waals surface area contributed by atoms with E-state index in [4.69, 9.17) is 10.2 Å². The summed E-state index contributed by atoms with van der Waals surface area (Å²) in [4.78, 5) is 0. The molecule has 0 atom stereocenters. The predicted octanol–water partition coefficient (Wildman–Crippen LogP) is 2.17. The highest BCUT2D eigenvalue weighted by Crippen LogP contribution is 2.29. The maximum atomic E-state index is 9.09. The van der Waals surface area contributed by atoms with Gasteiger partial charge in [-0.1, -0.05) is 15.9 Å². The molecule has 0 amide bonds. The first-order chi connectivity index (χ1) is 4.61. The van der Waals surface area contributed by atoms with E-state index in [0.717, 1.165) is 0 Å². The maximum Gasteiger partial charge on any atom is 0.123 e. The van der Waals surface area contributed by atoms with E-state index in [1.165, 1.54) is 12.1 Å². The molecule has 1 aromatic carbocycles. The van der Waals surface area contributed by atoms with Crippen LogP contribution in [0.3, 0.4) is 0 Å². The number of hydrogen-bond donors (Lipinski definition) is 2. The summed E-state index contributed by atoms with van der Waals surface area (Å²) in [6, 6.07) is 3.07. The maximum absolute atomic E-state index is 9.09. The number of phenolic OH excluding ortho intramolecular Hbond substituents is 2. The quantitative estimate of drug-likeness (QED) is 0.678. The van der Waals surface area contributed by atoms with Crippen molar-refractivity contribution in [1.29, 1.82) is 0 Å². The monoisotopic (exact) mass is 202 g/mol. The Kier molecular flexibility index (Phi) is 1.85. The van der Waals surface area contributed by atoms with Crippen LogP contribution in [0.1, 0.15) is 5.56 Å². The Labute approximate surface area is 67.3 Å². The van der Waals surface area contributed by atoms with E-state index in [1.54, 1.807) is 6.92 Å². The Morgan fingerprint density at radius 2 is 1.60 bits per heavy atom. The Bertz CT molecular complexity index is 235. The first-order valence-corrected chi connectivity index (χ1v) is 3.58. The van der Waals surface area contributed by atoms with Crippen LogP contribution < -0.4 is 0 Å². The average Bonchev–Trinajstić information content (AvgIpc) is 1.82. The summed E-state index contributed by atoms with van der Waals surface area (Å²) < 4.78 is 0.674. The van der Waals surface area contributed by atoms with Gasteiger partial charge in [0.05, 0.1) is 0 Å². The molecule has 1 rings (SSSR count). The zero-order valence-corrected chi connectivity index (χ0v) is 7.01. The molecule has 0 aliphatic heterocycles. The second-order valence-corrected chi connectivity index (χ2v) is 2.98. The third-order valence-corrected chi connectivity index (χ3v) is 1.78. The fourth-order valence-electron chi connectivity index (χ4n) is 0.651. The van der Waals surface area contributed by atoms with Gasteiger partial charge in [-0.25, -0.2) is 0 Å². The highest BCUT2D eigenvalue weighted by atomic mass is 79.9. The Hall–Kier alpha value is -0.700. The van der Waals surface area contributed by atoms with Gasteiger partial charge < -0.3 is 10.2 Å². The molecule has 0 heterocycles. The molecule has 0 unspecified atom stereocenters. The molecule has 2 nitrogen and oxygen atoms in total. The highest BCUT2D eigenvalue weighted by Gasteiger charge is 2.01. The molecule has 0 saturated carbocycles. The Morgan fingerprint density at radius 3 is 2.00 bits per heavy atom. The number of benzene rings is 1. The van der Waals surface area contributed by atoms with E-state index in [9.17, 15) is 0 Å². The molecule has 0 fully saturated rings. The third kappa shape index (κ3) is 1.24. The van der Waals surface area contributed by atoms with Crippen molar-refractivity contribution in [2.24, 2.45) is 0 Å². The van der Waals surface area contributed by atoms with Crippen LogP contribution in [0.2, 0.25) is 0 Å². The summed E-state index contributed by atoms with van der Waals surface area (Å²) in [5.74, 6) is 0.207. The summed E-state index contributed by atoms with van der Waals surface area (Å²) in [5, 5.41) is 18.2. The minimum Gasteiger partial charge on any atom is -0.508 e. The standard InChI is InChI=1S/C7H7BrO2/c1-4-6(9)2-5(8)3-7(4)10/h2-3,9-10H,1H3. The van der Waals surface area contributed by atoms with Gasteiger partial charge in [-0.3, -0.25) is 0 Å². The van der Waals surface area contributed by atoms with Gasteiger partial charge in [-0.15, -0.1) is 0 Å². The summed E-state index contributed by atoms with van der Waals surface area (Å²) in [6.45, 7) is 1.65. The molecule has 0 saturated heterocycles. The van der Waals surface area contributed by atoms with E-state index in [-0.39, 0.29) is 11.5 Å². The van der Waals surface area contributed by atoms with Gasteiger partial charge in [-0.05, 0) is 19.1 Å². The lowest BCUT2D eigenvalue weighted by Gasteiger charge is -2.01. The van der Waals surface area contributed by atoms with Crippen molar-refractivity contribution in [3.63, 3.8) is 0 Å². The smallest absolute Gasteiger partial charge is 0.123 e. The van der Waals surface area contributed by atoms with Crippen LogP contribution in [-0.2, 0) is 0 Å². The van der Waals surface area contributed by atoms with E-state index < -0.39 is 0 Å². The Balaban J connectivity index is 3.31. The zero-order valence-electron chi connectivity index (χ0n) is 5.43. The summed E-state index contributed by atoms with van der Waals surface area (Å²) >= 11 is 3.13. The fraction of sp³-hybridized carbons (Fsp3) is 0.143. The molecule has 0 aliphatic carbocycles. The lowest BCUT2D eigenvalue weighted by Crippen LogP contribution is -1.75. The van der Waals surface area contributed by atoms with E-state index >= 15 is 0 Å². The third-order valence-electron chi connectivity index (χ3n) is 1.32. The largest absolute Gasteiger partial charge is 0.508 e. The topological polar surface area (TPSA) is 40.5 Å². The molecule has 1 aromatic rings. The number of hydrogen-bond acceptors (Lipinski definition) is 2. The molecule has 0 spiro atoms. The second kappa shape index (κ2) is 2.50. The van der Waals surface area contributed by atoms with Crippen molar-refractivity contribution in [3.05, 3.63) is 22.2 Å². The minimum absolute atomic E-state index is 0.104. The van der Waals surface area contributed by atoms with Crippen LogP contribution in [0.25, 0.3) is 0 Å². The van der Waals surface area contributed by atoms with Crippen LogP contribution >= 0.6 is 15.9 Å². The normalized spacial score (nSPS) is 9.80. The lowest BCUT2D eigenvalue weighted by molar-refractivity contribution is 0.442. The molecule has 0 bridgehead atoms. The zero-order chi connectivity index (χ0) is 7.72. The van der Waals surface area contributed by atoms with E-state index in [0.29, 0.717) is 10.0 Å². The van der Waals surface area contributed by atoms with Crippen LogP contribution in [0.4, 0.5) is 0 Å². The van der Waals surface area contributed by atoms with Gasteiger partial charge >= 0.3 is 0 Å². The van der Waals surface area contributed by atoms with Crippen molar-refractivity contribution in [3.8, 4) is 11.5 Å². The SMILES string of the molecule is Cc1c(O)cc(Br)cc1O. The number of halogens is 1. The van der Waals surface area contributed by atoms with Crippen molar-refractivity contribution in [2.45, 2.75) is 6.92 Å². The molecule has 54 valence electrons. The van der Waals surface area contributed by atoms with E-state index in [2.05, 4.69) is 15.9 Å². The van der Waals surface area contributed by atoms with Crippen molar-refractivity contribution >= 4 is 15.9 Å². The molecule has 2 N–H and O–H groups in total. The van der Waals surface area contributed by atoms with Crippen LogP contribution in [-0.4, -0.2) is 10.2 Å². The van der Waals surface area contributed by atoms with Crippen molar-refractivity contribution in [1.82, 2.24) is 0 Å². The van der Waals surface area contributed by atoms with Gasteiger partial charge in [0.1, 0.15) is 11.5 Å². The minimum atomic E-state index is 0.104. The predicted molar refractivity (Wildman–Crippen MR) is 42.2 cm³/mol. The van der Waals surface area contributed by atoms with Crippen LogP contribution in [0.15, 0.2) is 16.6 Å². The molecular formula is C7H7BrO2. The molecule has 3 heteroatoms. The van der Waals surface area contributed by atoms with Gasteiger partial charge in [0.2, 0.25) is 0 Å². The van der Waals surface area contributed by atoms with Crippen LogP contribution in [0.5, 0.6) is 11.5 Å². The number of aromatic hydroxyl groups is 2. The van der Waals surface area contributed by atoms with E-state index in [1.807, 2.05) is 0 Å². The highest BCUT2D eigenvalue weighted by molar-refractivity contribution is 9.10. The molecule has 0 aromatic heterocycles. The van der Waals surface area contributed by atoms with Gasteiger partial charge in [-0.2, -0.15) is 0 Å². The lowest BCUT2D eigenvalue weighted by atomic mass is 10.2. The summed E-state index contributed by atoms with van der Waals surface area (Å²) in [5.41, 5.74) is 0.503. The second-order valence-electron chi connectivity index (χ2n) is 2.07. The van der Waals surface area contributed by atoms with Crippen molar-refractivity contribution in [2.75, 3.05) is 0 Å². The molecule has 0 radical (unpaired) electrons. The summed E-state index contributed by atoms with van der Waals surface area (Å²) in [6.07, 6.45) is 0. The molecular weight excluding hydrogens is 196 g/mol. The molecule has 10 heavy (non-hydrogen) atoms. The van der Waals surface area contributed by atoms with Crippen LogP contribution in [0, 0.1) is 6.92 Å². The van der Waals surface area contributed by atoms with Gasteiger partial charge in [0, 0.05) is 10.0 Å². The number of rotatable bonds is 0. The Morgan fingerprint density at radius 1 is 1.20 bits per heavy atom. The fourth-order valence-corrected chi connectivity index (χ4v) is 1.08. The first kappa shape index (κ1) is 7.41. The first-order valence-electron chi connectivity index (χ1n) is 2.79. The number of phenols is 2. The average molecular weight is 203 g/mol. The van der Waals surface area contributed by atoms with Gasteiger partial charge in [0.25, 0.3) is 0 Å². The summed E-state index contributed by atoms with van der Waals surface area (Å²) in [7, 11) is 0. The van der Waals surface area contributed by atoms with Gasteiger partial charge in [0.15, 0.2) is 0 Å². The molecule has 0 aliphatic rings.